The SMILES string of the molecule is Cc1ccc(-n2nc(C)c3sc(N4CCC[C@@H](C(=O)Nc5cccc(Cl)c5)C4)nc32)cc1. The van der Waals surface area contributed by atoms with Crippen LogP contribution in [0.3, 0.4) is 0 Å². The molecule has 1 fully saturated rings. The number of nitrogens with one attached hydrogen (secondary N) is 1. The Morgan fingerprint density at radius 2 is 2.00 bits per heavy atom. The molecular weight excluding hydrogens is 442 g/mol. The molecule has 1 amide bonds. The van der Waals surface area contributed by atoms with E-state index in [2.05, 4.69) is 41.4 Å². The number of piperidine rings is 1. The van der Waals surface area contributed by atoms with E-state index in [9.17, 15) is 4.79 Å². The number of benzene rings is 2. The Hall–Kier alpha value is -2.90. The Balaban J connectivity index is 1.37. The van der Waals surface area contributed by atoms with E-state index in [-0.39, 0.29) is 11.8 Å². The number of carbonyl (C=O) groups excluding carboxylic acids is 1. The number of aromatic nitrogens is 3. The van der Waals surface area contributed by atoms with Gasteiger partial charge in [0, 0.05) is 23.8 Å². The number of hydrogen-bond donors (Lipinski definition) is 1. The number of rotatable bonds is 4. The van der Waals surface area contributed by atoms with Gasteiger partial charge in [-0.1, -0.05) is 46.7 Å². The normalized spacial score (nSPS) is 16.5. The smallest absolute Gasteiger partial charge is 0.229 e. The number of carbonyl (C=O) groups is 1. The predicted octanol–water partition coefficient (Wildman–Crippen LogP) is 5.61. The van der Waals surface area contributed by atoms with Crippen LogP contribution < -0.4 is 10.2 Å². The minimum Gasteiger partial charge on any atom is -0.347 e. The molecule has 32 heavy (non-hydrogen) atoms. The molecule has 1 atom stereocenters. The van der Waals surface area contributed by atoms with E-state index in [4.69, 9.17) is 21.7 Å². The molecule has 1 saturated heterocycles. The fourth-order valence-electron chi connectivity index (χ4n) is 4.10. The molecule has 3 heterocycles. The highest BCUT2D eigenvalue weighted by atomic mass is 35.5. The summed E-state index contributed by atoms with van der Waals surface area (Å²) in [5.74, 6) is -0.0653. The molecule has 0 radical (unpaired) electrons. The van der Waals surface area contributed by atoms with Crippen molar-refractivity contribution >= 4 is 50.0 Å². The van der Waals surface area contributed by atoms with Gasteiger partial charge in [0.15, 0.2) is 10.8 Å². The number of anilines is 2. The number of nitrogens with zero attached hydrogens (tertiary/aromatic N) is 4. The van der Waals surface area contributed by atoms with Crippen LogP contribution in [0.4, 0.5) is 10.8 Å². The minimum absolute atomic E-state index is 0.0279. The Morgan fingerprint density at radius 3 is 2.78 bits per heavy atom. The summed E-state index contributed by atoms with van der Waals surface area (Å²) in [6.45, 7) is 5.64. The standard InChI is InChI=1S/C24H24ClN5OS/c1-15-8-10-20(11-9-15)30-22-21(16(2)28-30)32-24(27-22)29-12-4-5-17(14-29)23(31)26-19-7-3-6-18(25)13-19/h3,6-11,13,17H,4-5,12,14H2,1-2H3,(H,26,31)/t17-/m1/s1. The number of amides is 1. The second-order valence-electron chi connectivity index (χ2n) is 8.27. The van der Waals surface area contributed by atoms with Crippen molar-refractivity contribution in [2.24, 2.45) is 5.92 Å². The first-order chi connectivity index (χ1) is 15.5. The lowest BCUT2D eigenvalue weighted by Crippen LogP contribution is -2.40. The summed E-state index contributed by atoms with van der Waals surface area (Å²) >= 11 is 7.70. The van der Waals surface area contributed by atoms with Crippen molar-refractivity contribution in [1.82, 2.24) is 14.8 Å². The molecular formula is C24H24ClN5OS. The van der Waals surface area contributed by atoms with Gasteiger partial charge < -0.3 is 10.2 Å². The monoisotopic (exact) mass is 465 g/mol. The molecule has 0 bridgehead atoms. The van der Waals surface area contributed by atoms with E-state index in [0.717, 1.165) is 51.9 Å². The van der Waals surface area contributed by atoms with Crippen molar-refractivity contribution in [3.05, 3.63) is 64.8 Å². The summed E-state index contributed by atoms with van der Waals surface area (Å²) in [6, 6.07) is 15.6. The Morgan fingerprint density at radius 1 is 1.19 bits per heavy atom. The van der Waals surface area contributed by atoms with Crippen LogP contribution >= 0.6 is 22.9 Å². The summed E-state index contributed by atoms with van der Waals surface area (Å²) in [4.78, 5) is 20.1. The molecule has 0 aliphatic carbocycles. The summed E-state index contributed by atoms with van der Waals surface area (Å²) in [6.07, 6.45) is 1.82. The van der Waals surface area contributed by atoms with Crippen LogP contribution in [0, 0.1) is 19.8 Å². The second-order valence-corrected chi connectivity index (χ2v) is 9.68. The van der Waals surface area contributed by atoms with Gasteiger partial charge in [0.1, 0.15) is 0 Å². The van der Waals surface area contributed by atoms with Gasteiger partial charge in [-0.2, -0.15) is 10.1 Å². The van der Waals surface area contributed by atoms with Crippen molar-refractivity contribution < 1.29 is 4.79 Å². The van der Waals surface area contributed by atoms with Crippen molar-refractivity contribution in [3.63, 3.8) is 0 Å². The lowest BCUT2D eigenvalue weighted by molar-refractivity contribution is -0.120. The first-order valence-electron chi connectivity index (χ1n) is 10.7. The highest BCUT2D eigenvalue weighted by Gasteiger charge is 2.28. The van der Waals surface area contributed by atoms with Crippen molar-refractivity contribution in [2.75, 3.05) is 23.3 Å². The maximum absolute atomic E-state index is 12.9. The first-order valence-corrected chi connectivity index (χ1v) is 11.9. The predicted molar refractivity (Wildman–Crippen MR) is 131 cm³/mol. The first kappa shape index (κ1) is 21.0. The van der Waals surface area contributed by atoms with E-state index in [0.29, 0.717) is 11.6 Å². The number of halogens is 1. The van der Waals surface area contributed by atoms with Crippen LogP contribution in [-0.2, 0) is 4.79 Å². The van der Waals surface area contributed by atoms with Gasteiger partial charge in [0.2, 0.25) is 5.91 Å². The maximum Gasteiger partial charge on any atom is 0.229 e. The highest BCUT2D eigenvalue weighted by Crippen LogP contribution is 2.34. The minimum atomic E-state index is -0.0931. The fourth-order valence-corrected chi connectivity index (χ4v) is 5.31. The third kappa shape index (κ3) is 4.10. The van der Waals surface area contributed by atoms with Crippen molar-refractivity contribution in [3.8, 4) is 5.69 Å². The third-order valence-electron chi connectivity index (χ3n) is 5.81. The van der Waals surface area contributed by atoms with Crippen LogP contribution in [0.1, 0.15) is 24.1 Å². The van der Waals surface area contributed by atoms with Crippen molar-refractivity contribution in [1.29, 1.82) is 0 Å². The van der Waals surface area contributed by atoms with Crippen molar-refractivity contribution in [2.45, 2.75) is 26.7 Å². The average molecular weight is 466 g/mol. The summed E-state index contributed by atoms with van der Waals surface area (Å²) < 4.78 is 3.00. The lowest BCUT2D eigenvalue weighted by atomic mass is 9.97. The molecule has 0 unspecified atom stereocenters. The fraction of sp³-hybridized carbons (Fsp3) is 0.292. The largest absolute Gasteiger partial charge is 0.347 e. The zero-order valence-electron chi connectivity index (χ0n) is 18.0. The van der Waals surface area contributed by atoms with E-state index in [1.165, 1.54) is 5.56 Å². The quantitative estimate of drug-likeness (QED) is 0.425. The van der Waals surface area contributed by atoms with Crippen LogP contribution in [0.15, 0.2) is 48.5 Å². The zero-order chi connectivity index (χ0) is 22.2. The van der Waals surface area contributed by atoms with Crippen LogP contribution in [-0.4, -0.2) is 33.8 Å². The number of aryl methyl sites for hydroxylation is 2. The van der Waals surface area contributed by atoms with Crippen LogP contribution in [0.25, 0.3) is 16.0 Å². The van der Waals surface area contributed by atoms with Crippen LogP contribution in [0.2, 0.25) is 5.02 Å². The Kier molecular flexibility index (Phi) is 5.61. The van der Waals surface area contributed by atoms with E-state index in [1.807, 2.05) is 23.7 Å². The summed E-state index contributed by atoms with van der Waals surface area (Å²) in [5, 5.41) is 9.27. The van der Waals surface area contributed by atoms with Gasteiger partial charge in [-0.15, -0.1) is 0 Å². The second kappa shape index (κ2) is 8.56. The van der Waals surface area contributed by atoms with Gasteiger partial charge in [0.25, 0.3) is 0 Å². The molecule has 5 rings (SSSR count). The zero-order valence-corrected chi connectivity index (χ0v) is 19.6. The maximum atomic E-state index is 12.9. The summed E-state index contributed by atoms with van der Waals surface area (Å²) in [7, 11) is 0. The highest BCUT2D eigenvalue weighted by molar-refractivity contribution is 7.22. The molecule has 4 aromatic rings. The van der Waals surface area contributed by atoms with Gasteiger partial charge in [-0.25, -0.2) is 4.68 Å². The average Bonchev–Trinajstić information content (AvgIpc) is 3.35. The van der Waals surface area contributed by atoms with Gasteiger partial charge in [-0.3, -0.25) is 4.79 Å². The van der Waals surface area contributed by atoms with Crippen LogP contribution in [0.5, 0.6) is 0 Å². The number of fused-ring (bicyclic) bond motifs is 1. The molecule has 0 spiro atoms. The number of hydrogen-bond acceptors (Lipinski definition) is 5. The van der Waals surface area contributed by atoms with E-state index in [1.54, 1.807) is 23.5 Å². The molecule has 1 aliphatic heterocycles. The molecule has 6 nitrogen and oxygen atoms in total. The Bertz CT molecular complexity index is 1280. The molecule has 2 aromatic heterocycles. The Labute approximate surface area is 195 Å². The lowest BCUT2D eigenvalue weighted by Gasteiger charge is -2.31. The van der Waals surface area contributed by atoms with E-state index < -0.39 is 0 Å². The molecule has 2 aromatic carbocycles. The van der Waals surface area contributed by atoms with Gasteiger partial charge in [-0.05, 0) is 57.0 Å². The van der Waals surface area contributed by atoms with Gasteiger partial charge >= 0.3 is 0 Å². The number of thiazole rings is 1. The third-order valence-corrected chi connectivity index (χ3v) is 7.26. The van der Waals surface area contributed by atoms with Gasteiger partial charge in [0.05, 0.1) is 22.0 Å². The van der Waals surface area contributed by atoms with E-state index >= 15 is 0 Å². The molecule has 8 heteroatoms. The molecule has 1 N–H and O–H groups in total. The summed E-state index contributed by atoms with van der Waals surface area (Å²) in [5.41, 5.74) is 4.79. The molecule has 1 aliphatic rings. The molecule has 0 saturated carbocycles. The topological polar surface area (TPSA) is 63.1 Å². The molecule has 164 valence electrons.